The molecule has 2 atom stereocenters. The Morgan fingerprint density at radius 1 is 1.39 bits per heavy atom. The first-order chi connectivity index (χ1) is 8.65. The molecule has 1 aromatic heterocycles. The molecular formula is C15H21N3. The second-order valence-corrected chi connectivity index (χ2v) is 5.25. The highest BCUT2D eigenvalue weighted by Gasteiger charge is 2.27. The van der Waals surface area contributed by atoms with E-state index in [2.05, 4.69) is 29.8 Å². The Bertz CT molecular complexity index is 451. The lowest BCUT2D eigenvalue weighted by molar-refractivity contribution is 0.205. The number of nitrogens with zero attached hydrogens (tertiary/aromatic N) is 3. The summed E-state index contributed by atoms with van der Waals surface area (Å²) in [5.74, 6) is 0. The molecule has 0 aliphatic carbocycles. The maximum Gasteiger partial charge on any atom is 0.101 e. The minimum absolute atomic E-state index is 0.636. The van der Waals surface area contributed by atoms with E-state index in [0.29, 0.717) is 12.1 Å². The Hall–Kier alpha value is -1.40. The molecule has 1 fully saturated rings. The lowest BCUT2D eigenvalue weighted by Crippen LogP contribution is -2.32. The molecule has 3 nitrogen and oxygen atoms in total. The fourth-order valence-electron chi connectivity index (χ4n) is 2.77. The van der Waals surface area contributed by atoms with E-state index in [-0.39, 0.29) is 0 Å². The second kappa shape index (κ2) is 5.49. The molecule has 1 aliphatic heterocycles. The zero-order valence-corrected chi connectivity index (χ0v) is 11.5. The van der Waals surface area contributed by atoms with Gasteiger partial charge in [0.15, 0.2) is 0 Å². The molecule has 0 bridgehead atoms. The predicted octanol–water partition coefficient (Wildman–Crippen LogP) is 2.89. The molecule has 0 N–H and O–H groups in total. The van der Waals surface area contributed by atoms with Crippen molar-refractivity contribution in [2.45, 2.75) is 58.7 Å². The second-order valence-electron chi connectivity index (χ2n) is 5.25. The first-order valence-electron chi connectivity index (χ1n) is 6.79. The molecule has 1 saturated heterocycles. The molecule has 0 aromatic carbocycles. The summed E-state index contributed by atoms with van der Waals surface area (Å²) in [4.78, 5) is 6.91. The van der Waals surface area contributed by atoms with Gasteiger partial charge in [-0.25, -0.2) is 0 Å². The third-order valence-corrected chi connectivity index (χ3v) is 3.98. The van der Waals surface area contributed by atoms with Crippen LogP contribution in [0, 0.1) is 11.3 Å². The third-order valence-electron chi connectivity index (χ3n) is 3.98. The van der Waals surface area contributed by atoms with E-state index >= 15 is 0 Å². The normalized spacial score (nSPS) is 24.1. The summed E-state index contributed by atoms with van der Waals surface area (Å²) < 4.78 is 0. The third kappa shape index (κ3) is 2.54. The zero-order chi connectivity index (χ0) is 13.1. The van der Waals surface area contributed by atoms with Gasteiger partial charge in [-0.05, 0) is 44.7 Å². The average molecular weight is 243 g/mol. The van der Waals surface area contributed by atoms with Crippen LogP contribution in [-0.2, 0) is 13.0 Å². The summed E-state index contributed by atoms with van der Waals surface area (Å²) in [6, 6.07) is 5.53. The molecule has 1 aliphatic rings. The van der Waals surface area contributed by atoms with Crippen molar-refractivity contribution in [2.24, 2.45) is 0 Å². The number of aromatic nitrogens is 1. The Morgan fingerprint density at radius 2 is 2.06 bits per heavy atom. The van der Waals surface area contributed by atoms with Crippen molar-refractivity contribution < 1.29 is 0 Å². The highest BCUT2D eigenvalue weighted by atomic mass is 15.2. The molecule has 2 rings (SSSR count). The molecule has 2 heterocycles. The Morgan fingerprint density at radius 3 is 2.61 bits per heavy atom. The van der Waals surface area contributed by atoms with Gasteiger partial charge in [-0.2, -0.15) is 5.26 Å². The molecule has 0 unspecified atom stereocenters. The number of aryl methyl sites for hydroxylation is 1. The maximum atomic E-state index is 9.14. The van der Waals surface area contributed by atoms with Crippen LogP contribution >= 0.6 is 0 Å². The fraction of sp³-hybridized carbons (Fsp3) is 0.600. The molecular weight excluding hydrogens is 222 g/mol. The van der Waals surface area contributed by atoms with E-state index in [1.807, 2.05) is 19.2 Å². The molecule has 96 valence electrons. The van der Waals surface area contributed by atoms with Crippen molar-refractivity contribution in [3.05, 3.63) is 29.1 Å². The number of rotatable bonds is 3. The van der Waals surface area contributed by atoms with Gasteiger partial charge in [-0.1, -0.05) is 6.92 Å². The largest absolute Gasteiger partial charge is 0.294 e. The summed E-state index contributed by atoms with van der Waals surface area (Å²) in [7, 11) is 0. The number of likely N-dealkylation sites (tertiary alicyclic amines) is 1. The van der Waals surface area contributed by atoms with Gasteiger partial charge in [-0.15, -0.1) is 0 Å². The number of hydrogen-bond donors (Lipinski definition) is 0. The highest BCUT2D eigenvalue weighted by molar-refractivity contribution is 5.35. The monoisotopic (exact) mass is 243 g/mol. The quantitative estimate of drug-likeness (QED) is 0.819. The first kappa shape index (κ1) is 13.0. The van der Waals surface area contributed by atoms with Crippen LogP contribution < -0.4 is 0 Å². The van der Waals surface area contributed by atoms with Crippen LogP contribution in [0.5, 0.6) is 0 Å². The molecule has 3 heteroatoms. The molecule has 0 radical (unpaired) electrons. The first-order valence-corrected chi connectivity index (χ1v) is 6.79. The summed E-state index contributed by atoms with van der Waals surface area (Å²) in [6.45, 7) is 7.51. The van der Waals surface area contributed by atoms with Crippen molar-refractivity contribution >= 4 is 0 Å². The predicted molar refractivity (Wildman–Crippen MR) is 72.0 cm³/mol. The maximum absolute atomic E-state index is 9.14. The van der Waals surface area contributed by atoms with Gasteiger partial charge in [0.25, 0.3) is 0 Å². The van der Waals surface area contributed by atoms with E-state index in [1.54, 1.807) is 0 Å². The smallest absolute Gasteiger partial charge is 0.101 e. The van der Waals surface area contributed by atoms with Gasteiger partial charge >= 0.3 is 0 Å². The van der Waals surface area contributed by atoms with E-state index in [1.165, 1.54) is 12.8 Å². The van der Waals surface area contributed by atoms with E-state index in [4.69, 9.17) is 5.26 Å². The fourth-order valence-corrected chi connectivity index (χ4v) is 2.77. The molecule has 0 amide bonds. The van der Waals surface area contributed by atoms with Crippen molar-refractivity contribution in [1.29, 1.82) is 5.26 Å². The molecule has 18 heavy (non-hydrogen) atoms. The van der Waals surface area contributed by atoms with Crippen molar-refractivity contribution in [3.63, 3.8) is 0 Å². The lowest BCUT2D eigenvalue weighted by Gasteiger charge is -2.25. The Labute approximate surface area is 109 Å². The lowest BCUT2D eigenvalue weighted by atomic mass is 10.1. The summed E-state index contributed by atoms with van der Waals surface area (Å²) in [5, 5.41) is 9.14. The van der Waals surface area contributed by atoms with E-state index in [9.17, 15) is 0 Å². The average Bonchev–Trinajstić information content (AvgIpc) is 2.70. The number of nitriles is 1. The van der Waals surface area contributed by atoms with Crippen LogP contribution in [0.1, 0.15) is 50.4 Å². The minimum Gasteiger partial charge on any atom is -0.294 e. The Balaban J connectivity index is 2.17. The van der Waals surface area contributed by atoms with Crippen LogP contribution in [0.3, 0.4) is 0 Å². The summed E-state index contributed by atoms with van der Waals surface area (Å²) >= 11 is 0. The summed E-state index contributed by atoms with van der Waals surface area (Å²) in [6.07, 6.45) is 5.29. The standard InChI is InChI=1S/C15H21N3/c1-4-15-14(8-16)7-13(9-17-15)10-18-11(2)5-6-12(18)3/h7,9,11-12H,4-6,10H2,1-3H3/t11-,12-/m1/s1. The summed E-state index contributed by atoms with van der Waals surface area (Å²) in [5.41, 5.74) is 2.79. The van der Waals surface area contributed by atoms with Gasteiger partial charge in [0, 0.05) is 24.8 Å². The molecule has 0 spiro atoms. The van der Waals surface area contributed by atoms with Crippen LogP contribution in [0.25, 0.3) is 0 Å². The minimum atomic E-state index is 0.636. The van der Waals surface area contributed by atoms with Gasteiger partial charge in [-0.3, -0.25) is 9.88 Å². The number of hydrogen-bond acceptors (Lipinski definition) is 3. The highest BCUT2D eigenvalue weighted by Crippen LogP contribution is 2.25. The van der Waals surface area contributed by atoms with Crippen molar-refractivity contribution in [3.8, 4) is 6.07 Å². The van der Waals surface area contributed by atoms with Crippen LogP contribution in [0.4, 0.5) is 0 Å². The van der Waals surface area contributed by atoms with Crippen LogP contribution in [-0.4, -0.2) is 22.0 Å². The van der Waals surface area contributed by atoms with Gasteiger partial charge < -0.3 is 0 Å². The van der Waals surface area contributed by atoms with Gasteiger partial charge in [0.1, 0.15) is 6.07 Å². The van der Waals surface area contributed by atoms with E-state index < -0.39 is 0 Å². The molecule has 0 saturated carbocycles. The van der Waals surface area contributed by atoms with Crippen LogP contribution in [0.2, 0.25) is 0 Å². The SMILES string of the molecule is CCc1ncc(CN2[C@H](C)CC[C@H]2C)cc1C#N. The van der Waals surface area contributed by atoms with Crippen molar-refractivity contribution in [2.75, 3.05) is 0 Å². The Kier molecular flexibility index (Phi) is 3.98. The topological polar surface area (TPSA) is 39.9 Å². The molecule has 1 aromatic rings. The van der Waals surface area contributed by atoms with Crippen LogP contribution in [0.15, 0.2) is 12.3 Å². The zero-order valence-electron chi connectivity index (χ0n) is 11.5. The van der Waals surface area contributed by atoms with Gasteiger partial charge in [0.05, 0.1) is 11.3 Å². The van der Waals surface area contributed by atoms with E-state index in [0.717, 1.165) is 29.8 Å². The van der Waals surface area contributed by atoms with Crippen molar-refractivity contribution in [1.82, 2.24) is 9.88 Å². The number of pyridine rings is 1. The van der Waals surface area contributed by atoms with Gasteiger partial charge in [0.2, 0.25) is 0 Å².